The normalized spacial score (nSPS) is 21.4. The van der Waals surface area contributed by atoms with Gasteiger partial charge in [0, 0.05) is 6.54 Å². The molecular weight excluding hydrogens is 321 g/mol. The van der Waals surface area contributed by atoms with E-state index in [1.165, 1.54) is 12.1 Å². The van der Waals surface area contributed by atoms with Crippen LogP contribution in [0.3, 0.4) is 0 Å². The molecule has 2 N–H and O–H groups in total. The molecule has 1 aromatic rings. The number of alkyl carbamates (subject to hydrolysis) is 1. The predicted molar refractivity (Wildman–Crippen MR) is 73.9 cm³/mol. The molecule has 1 aliphatic rings. The molecule has 0 radical (unpaired) electrons. The van der Waals surface area contributed by atoms with Crippen molar-refractivity contribution in [1.29, 1.82) is 0 Å². The summed E-state index contributed by atoms with van der Waals surface area (Å²) in [5.41, 5.74) is -1.60. The van der Waals surface area contributed by atoms with E-state index in [-0.39, 0.29) is 5.56 Å². The number of halogens is 3. The zero-order chi connectivity index (χ0) is 16.3. The Hall–Kier alpha value is -1.90. The number of ether oxygens (including phenoxy) is 1. The van der Waals surface area contributed by atoms with Gasteiger partial charge in [0.1, 0.15) is 5.37 Å². The molecular formula is C13H13F3N2O3S. The van der Waals surface area contributed by atoms with Gasteiger partial charge >= 0.3 is 12.3 Å². The predicted octanol–water partition coefficient (Wildman–Crippen LogP) is 2.64. The molecule has 2 amide bonds. The first-order valence-corrected chi connectivity index (χ1v) is 7.33. The maximum atomic E-state index is 12.7. The number of hydrogen-bond donors (Lipinski definition) is 2. The van der Waals surface area contributed by atoms with E-state index in [4.69, 9.17) is 4.74 Å². The highest BCUT2D eigenvalue weighted by molar-refractivity contribution is 8.01. The van der Waals surface area contributed by atoms with E-state index in [9.17, 15) is 22.8 Å². The summed E-state index contributed by atoms with van der Waals surface area (Å²) in [4.78, 5) is 23.0. The van der Waals surface area contributed by atoms with Crippen LogP contribution in [0.15, 0.2) is 24.3 Å². The summed E-state index contributed by atoms with van der Waals surface area (Å²) in [6.45, 7) is 2.03. The van der Waals surface area contributed by atoms with Crippen LogP contribution in [-0.2, 0) is 15.7 Å². The minimum Gasteiger partial charge on any atom is -0.425 e. The Bertz CT molecular complexity index is 580. The van der Waals surface area contributed by atoms with Crippen LogP contribution in [0, 0.1) is 0 Å². The molecule has 1 heterocycles. The second-order valence-corrected chi connectivity index (χ2v) is 5.59. The Morgan fingerprint density at radius 1 is 1.45 bits per heavy atom. The molecule has 0 bridgehead atoms. The van der Waals surface area contributed by atoms with E-state index in [1.807, 2.05) is 0 Å². The van der Waals surface area contributed by atoms with Gasteiger partial charge < -0.3 is 15.4 Å². The number of benzene rings is 1. The monoisotopic (exact) mass is 334 g/mol. The van der Waals surface area contributed by atoms with E-state index in [2.05, 4.69) is 10.6 Å². The van der Waals surface area contributed by atoms with E-state index in [1.54, 1.807) is 6.92 Å². The van der Waals surface area contributed by atoms with E-state index in [0.717, 1.165) is 23.9 Å². The van der Waals surface area contributed by atoms with E-state index in [0.29, 0.717) is 6.54 Å². The summed E-state index contributed by atoms with van der Waals surface area (Å²) < 4.78 is 43.0. The summed E-state index contributed by atoms with van der Waals surface area (Å²) in [7, 11) is 0. The van der Waals surface area contributed by atoms with Gasteiger partial charge in [-0.15, -0.1) is 0 Å². The van der Waals surface area contributed by atoms with Crippen molar-refractivity contribution in [3.8, 4) is 0 Å². The van der Waals surface area contributed by atoms with Gasteiger partial charge in [0.25, 0.3) is 5.91 Å². The molecule has 2 atom stereocenters. The molecule has 0 aromatic heterocycles. The summed E-state index contributed by atoms with van der Waals surface area (Å²) >= 11 is 0.934. The highest BCUT2D eigenvalue weighted by atomic mass is 32.2. The fourth-order valence-corrected chi connectivity index (χ4v) is 2.89. The SMILES string of the molecule is CCNC(=O)OC1SC(c2cccc(C(F)(F)F)c2)NC1=O. The number of thioether (sulfide) groups is 1. The first-order chi connectivity index (χ1) is 10.3. The minimum absolute atomic E-state index is 0.287. The number of alkyl halides is 3. The number of nitrogens with one attached hydrogen (secondary N) is 2. The van der Waals surface area contributed by atoms with Crippen molar-refractivity contribution in [3.63, 3.8) is 0 Å². The smallest absolute Gasteiger partial charge is 0.416 e. The lowest BCUT2D eigenvalue weighted by Crippen LogP contribution is -2.32. The molecule has 22 heavy (non-hydrogen) atoms. The quantitative estimate of drug-likeness (QED) is 0.892. The molecule has 2 rings (SSSR count). The molecule has 1 aromatic carbocycles. The molecule has 0 aliphatic carbocycles. The minimum atomic E-state index is -4.46. The lowest BCUT2D eigenvalue weighted by Gasteiger charge is -2.13. The number of amides is 2. The molecule has 120 valence electrons. The highest BCUT2D eigenvalue weighted by Gasteiger charge is 2.38. The number of carbonyl (C=O) groups excluding carboxylic acids is 2. The average molecular weight is 334 g/mol. The lowest BCUT2D eigenvalue weighted by molar-refractivity contribution is -0.137. The third kappa shape index (κ3) is 3.85. The maximum Gasteiger partial charge on any atom is 0.416 e. The van der Waals surface area contributed by atoms with Gasteiger partial charge in [0.15, 0.2) is 0 Å². The van der Waals surface area contributed by atoms with Crippen LogP contribution in [0.5, 0.6) is 0 Å². The van der Waals surface area contributed by atoms with Gasteiger partial charge in [0.05, 0.1) is 5.56 Å². The van der Waals surface area contributed by atoms with Crippen molar-refractivity contribution in [2.75, 3.05) is 6.54 Å². The summed E-state index contributed by atoms with van der Waals surface area (Å²) in [5.74, 6) is -0.557. The Morgan fingerprint density at radius 3 is 2.82 bits per heavy atom. The largest absolute Gasteiger partial charge is 0.425 e. The third-order valence-electron chi connectivity index (χ3n) is 2.80. The van der Waals surface area contributed by atoms with Crippen LogP contribution < -0.4 is 10.6 Å². The molecule has 5 nitrogen and oxygen atoms in total. The average Bonchev–Trinajstić information content (AvgIpc) is 2.80. The van der Waals surface area contributed by atoms with Crippen molar-refractivity contribution in [1.82, 2.24) is 10.6 Å². The van der Waals surface area contributed by atoms with Crippen LogP contribution in [0.2, 0.25) is 0 Å². The molecule has 9 heteroatoms. The van der Waals surface area contributed by atoms with Crippen molar-refractivity contribution < 1.29 is 27.5 Å². The van der Waals surface area contributed by atoms with Gasteiger partial charge in [0.2, 0.25) is 5.44 Å². The molecule has 0 saturated carbocycles. The van der Waals surface area contributed by atoms with Crippen LogP contribution in [0.1, 0.15) is 23.4 Å². The summed E-state index contributed by atoms with van der Waals surface area (Å²) in [5, 5.41) is 4.17. The van der Waals surface area contributed by atoms with Gasteiger partial charge in [-0.2, -0.15) is 13.2 Å². The van der Waals surface area contributed by atoms with Crippen molar-refractivity contribution in [3.05, 3.63) is 35.4 Å². The van der Waals surface area contributed by atoms with Crippen LogP contribution in [0.4, 0.5) is 18.0 Å². The molecule has 0 spiro atoms. The van der Waals surface area contributed by atoms with Crippen molar-refractivity contribution in [2.24, 2.45) is 0 Å². The fourth-order valence-electron chi connectivity index (χ4n) is 1.82. The number of rotatable bonds is 3. The second-order valence-electron chi connectivity index (χ2n) is 4.42. The number of carbonyl (C=O) groups is 2. The summed E-state index contributed by atoms with van der Waals surface area (Å²) in [6, 6.07) is 4.66. The summed E-state index contributed by atoms with van der Waals surface area (Å²) in [6.07, 6.45) is -5.21. The molecule has 2 unspecified atom stereocenters. The van der Waals surface area contributed by atoms with E-state index < -0.39 is 34.6 Å². The molecule has 1 aliphatic heterocycles. The van der Waals surface area contributed by atoms with E-state index >= 15 is 0 Å². The maximum absolute atomic E-state index is 12.7. The zero-order valence-corrected chi connectivity index (χ0v) is 12.3. The Balaban J connectivity index is 2.09. The highest BCUT2D eigenvalue weighted by Crippen LogP contribution is 2.38. The molecule has 1 fully saturated rings. The molecule has 1 saturated heterocycles. The van der Waals surface area contributed by atoms with Crippen LogP contribution in [-0.4, -0.2) is 24.0 Å². The van der Waals surface area contributed by atoms with Crippen molar-refractivity contribution in [2.45, 2.75) is 23.9 Å². The second kappa shape index (κ2) is 6.47. The lowest BCUT2D eigenvalue weighted by atomic mass is 10.1. The van der Waals surface area contributed by atoms with Gasteiger partial charge in [-0.1, -0.05) is 23.9 Å². The Kier molecular flexibility index (Phi) is 4.84. The number of hydrogen-bond acceptors (Lipinski definition) is 4. The van der Waals surface area contributed by atoms with Crippen LogP contribution in [0.25, 0.3) is 0 Å². The first kappa shape index (κ1) is 16.5. The van der Waals surface area contributed by atoms with Crippen LogP contribution >= 0.6 is 11.8 Å². The van der Waals surface area contributed by atoms with Gasteiger partial charge in [-0.05, 0) is 24.6 Å². The van der Waals surface area contributed by atoms with Gasteiger partial charge in [-0.25, -0.2) is 4.79 Å². The zero-order valence-electron chi connectivity index (χ0n) is 11.4. The van der Waals surface area contributed by atoms with Crippen molar-refractivity contribution >= 4 is 23.8 Å². The first-order valence-electron chi connectivity index (χ1n) is 6.38. The topological polar surface area (TPSA) is 67.4 Å². The standard InChI is InChI=1S/C13H13F3N2O3S/c1-2-17-12(20)21-11-9(19)18-10(22-11)7-4-3-5-8(6-7)13(14,15)16/h3-6,10-11H,2H2,1H3,(H,17,20)(H,18,19). The Morgan fingerprint density at radius 2 is 2.18 bits per heavy atom. The van der Waals surface area contributed by atoms with Gasteiger partial charge in [-0.3, -0.25) is 4.79 Å². The third-order valence-corrected chi connectivity index (χ3v) is 4.02. The fraction of sp³-hybridized carbons (Fsp3) is 0.385. The Labute approximate surface area is 128 Å².